The van der Waals surface area contributed by atoms with Gasteiger partial charge in [0, 0.05) is 13.1 Å². The zero-order valence-corrected chi connectivity index (χ0v) is 12.3. The number of hydrogen-bond donors (Lipinski definition) is 0. The highest BCUT2D eigenvalue weighted by atomic mass is 16.2. The van der Waals surface area contributed by atoms with Crippen molar-refractivity contribution in [3.63, 3.8) is 0 Å². The Balaban J connectivity index is 2.14. The van der Waals surface area contributed by atoms with Crippen molar-refractivity contribution in [2.24, 2.45) is 0 Å². The monoisotopic (exact) mass is 286 g/mol. The van der Waals surface area contributed by atoms with Crippen molar-refractivity contribution in [3.8, 4) is 0 Å². The molecule has 0 spiro atoms. The minimum atomic E-state index is -0.407. The van der Waals surface area contributed by atoms with Crippen LogP contribution in [0.15, 0.2) is 36.4 Å². The van der Waals surface area contributed by atoms with Crippen molar-refractivity contribution in [2.45, 2.75) is 13.8 Å². The molecule has 21 heavy (non-hydrogen) atoms. The summed E-state index contributed by atoms with van der Waals surface area (Å²) in [5, 5.41) is 0. The van der Waals surface area contributed by atoms with Crippen LogP contribution in [0.1, 0.15) is 34.6 Å². The molecule has 0 fully saturated rings. The van der Waals surface area contributed by atoms with E-state index in [2.05, 4.69) is 6.58 Å². The molecule has 2 rings (SSSR count). The summed E-state index contributed by atoms with van der Waals surface area (Å²) in [5.41, 5.74) is 1.57. The van der Waals surface area contributed by atoms with Crippen LogP contribution < -0.4 is 0 Å². The molecule has 0 unspecified atom stereocenters. The van der Waals surface area contributed by atoms with Gasteiger partial charge in [0.2, 0.25) is 5.91 Å². The molecule has 1 aliphatic rings. The molecule has 1 aliphatic heterocycles. The Morgan fingerprint density at radius 1 is 1.19 bits per heavy atom. The number of imide groups is 1. The number of carbonyl (C=O) groups is 3. The Kier molecular flexibility index (Phi) is 4.21. The second kappa shape index (κ2) is 5.91. The van der Waals surface area contributed by atoms with E-state index in [1.807, 2.05) is 13.8 Å². The molecule has 0 saturated carbocycles. The second-order valence-electron chi connectivity index (χ2n) is 5.11. The largest absolute Gasteiger partial charge is 0.337 e. The van der Waals surface area contributed by atoms with Crippen LogP contribution in [0.3, 0.4) is 0 Å². The number of nitrogens with zero attached hydrogens (tertiary/aromatic N) is 2. The fourth-order valence-electron chi connectivity index (χ4n) is 2.32. The molecular formula is C16H18N2O3. The van der Waals surface area contributed by atoms with Crippen molar-refractivity contribution < 1.29 is 14.4 Å². The Morgan fingerprint density at radius 2 is 1.71 bits per heavy atom. The van der Waals surface area contributed by atoms with Crippen molar-refractivity contribution in [3.05, 3.63) is 47.5 Å². The molecule has 110 valence electrons. The highest BCUT2D eigenvalue weighted by Crippen LogP contribution is 2.22. The predicted octanol–water partition coefficient (Wildman–Crippen LogP) is 1.71. The minimum Gasteiger partial charge on any atom is -0.337 e. The quantitative estimate of drug-likeness (QED) is 0.611. The van der Waals surface area contributed by atoms with E-state index in [0.717, 1.165) is 10.5 Å². The van der Waals surface area contributed by atoms with Gasteiger partial charge in [0.25, 0.3) is 11.8 Å². The fraction of sp³-hybridized carbons (Fsp3) is 0.312. The van der Waals surface area contributed by atoms with Crippen LogP contribution in [-0.2, 0) is 4.79 Å². The summed E-state index contributed by atoms with van der Waals surface area (Å²) >= 11 is 0. The Bertz CT molecular complexity index is 587. The zero-order valence-electron chi connectivity index (χ0n) is 12.3. The molecule has 5 heteroatoms. The molecule has 0 N–H and O–H groups in total. The van der Waals surface area contributed by atoms with Crippen molar-refractivity contribution >= 4 is 17.7 Å². The van der Waals surface area contributed by atoms with E-state index in [1.165, 1.54) is 0 Å². The van der Waals surface area contributed by atoms with Gasteiger partial charge in [-0.05, 0) is 26.0 Å². The van der Waals surface area contributed by atoms with Gasteiger partial charge in [0.15, 0.2) is 0 Å². The molecule has 1 aromatic carbocycles. The number of benzene rings is 1. The number of likely N-dealkylation sites (N-methyl/N-ethyl adjacent to an activating group) is 1. The zero-order chi connectivity index (χ0) is 15.6. The number of hydrogen-bond acceptors (Lipinski definition) is 3. The third kappa shape index (κ3) is 2.86. The van der Waals surface area contributed by atoms with Gasteiger partial charge in [-0.1, -0.05) is 24.3 Å². The summed E-state index contributed by atoms with van der Waals surface area (Å²) < 4.78 is 0. The van der Waals surface area contributed by atoms with Crippen molar-refractivity contribution in [2.75, 3.05) is 19.6 Å². The van der Waals surface area contributed by atoms with Crippen LogP contribution >= 0.6 is 0 Å². The fourth-order valence-corrected chi connectivity index (χ4v) is 2.32. The van der Waals surface area contributed by atoms with Gasteiger partial charge in [0.1, 0.15) is 6.54 Å². The first-order chi connectivity index (χ1) is 9.95. The molecular weight excluding hydrogens is 268 g/mol. The Labute approximate surface area is 123 Å². The van der Waals surface area contributed by atoms with Crippen molar-refractivity contribution in [1.29, 1.82) is 0 Å². The van der Waals surface area contributed by atoms with E-state index < -0.39 is 11.8 Å². The van der Waals surface area contributed by atoms with Gasteiger partial charge in [-0.3, -0.25) is 19.3 Å². The average Bonchev–Trinajstić information content (AvgIpc) is 2.70. The number of rotatable bonds is 5. The average molecular weight is 286 g/mol. The highest BCUT2D eigenvalue weighted by molar-refractivity contribution is 6.22. The molecule has 3 amide bonds. The van der Waals surface area contributed by atoms with Crippen LogP contribution in [0.25, 0.3) is 0 Å². The maximum absolute atomic E-state index is 12.2. The molecule has 0 aromatic heterocycles. The lowest BCUT2D eigenvalue weighted by Crippen LogP contribution is -2.43. The molecule has 0 atom stereocenters. The Hall–Kier alpha value is -2.43. The van der Waals surface area contributed by atoms with E-state index in [4.69, 9.17) is 0 Å². The lowest BCUT2D eigenvalue weighted by molar-refractivity contribution is -0.130. The van der Waals surface area contributed by atoms with Gasteiger partial charge in [0.05, 0.1) is 11.1 Å². The Morgan fingerprint density at radius 3 is 2.14 bits per heavy atom. The molecule has 0 saturated heterocycles. The molecule has 1 heterocycles. The lowest BCUT2D eigenvalue weighted by Gasteiger charge is -2.23. The summed E-state index contributed by atoms with van der Waals surface area (Å²) in [4.78, 5) is 39.2. The smallest absolute Gasteiger partial charge is 0.262 e. The van der Waals surface area contributed by atoms with Crippen LogP contribution in [-0.4, -0.2) is 47.2 Å². The molecule has 0 aliphatic carbocycles. The lowest BCUT2D eigenvalue weighted by atomic mass is 10.1. The van der Waals surface area contributed by atoms with Gasteiger partial charge in [-0.2, -0.15) is 0 Å². The van der Waals surface area contributed by atoms with Crippen LogP contribution in [0.2, 0.25) is 0 Å². The maximum Gasteiger partial charge on any atom is 0.262 e. The maximum atomic E-state index is 12.2. The SMILES string of the molecule is C=C(C)CN(CC)C(=O)CN1C(=O)c2ccccc2C1=O. The van der Waals surface area contributed by atoms with Gasteiger partial charge in [-0.15, -0.1) is 0 Å². The van der Waals surface area contributed by atoms with Gasteiger partial charge in [-0.25, -0.2) is 0 Å². The summed E-state index contributed by atoms with van der Waals surface area (Å²) in [6.07, 6.45) is 0. The van der Waals surface area contributed by atoms with Crippen LogP contribution in [0, 0.1) is 0 Å². The summed E-state index contributed by atoms with van der Waals surface area (Å²) in [6.45, 7) is 8.17. The number of amides is 3. The third-order valence-corrected chi connectivity index (χ3v) is 3.37. The van der Waals surface area contributed by atoms with E-state index >= 15 is 0 Å². The third-order valence-electron chi connectivity index (χ3n) is 3.37. The van der Waals surface area contributed by atoms with Gasteiger partial charge < -0.3 is 4.90 Å². The van der Waals surface area contributed by atoms with E-state index in [-0.39, 0.29) is 12.5 Å². The van der Waals surface area contributed by atoms with E-state index in [9.17, 15) is 14.4 Å². The molecule has 0 bridgehead atoms. The standard InChI is InChI=1S/C16H18N2O3/c1-4-17(9-11(2)3)14(19)10-18-15(20)12-7-5-6-8-13(12)16(18)21/h5-8H,2,4,9-10H2,1,3H3. The molecule has 5 nitrogen and oxygen atoms in total. The topological polar surface area (TPSA) is 57.7 Å². The highest BCUT2D eigenvalue weighted by Gasteiger charge is 2.36. The van der Waals surface area contributed by atoms with E-state index in [0.29, 0.717) is 24.2 Å². The van der Waals surface area contributed by atoms with Gasteiger partial charge >= 0.3 is 0 Å². The van der Waals surface area contributed by atoms with E-state index in [1.54, 1.807) is 29.2 Å². The van der Waals surface area contributed by atoms with Crippen LogP contribution in [0.5, 0.6) is 0 Å². The number of fused-ring (bicyclic) bond motifs is 1. The minimum absolute atomic E-state index is 0.229. The van der Waals surface area contributed by atoms with Crippen molar-refractivity contribution in [1.82, 2.24) is 9.80 Å². The first kappa shape index (κ1) is 15.0. The second-order valence-corrected chi connectivity index (χ2v) is 5.11. The predicted molar refractivity (Wildman–Crippen MR) is 78.9 cm³/mol. The first-order valence-corrected chi connectivity index (χ1v) is 6.83. The number of carbonyl (C=O) groups excluding carboxylic acids is 3. The molecule has 0 radical (unpaired) electrons. The molecule has 1 aromatic rings. The first-order valence-electron chi connectivity index (χ1n) is 6.83. The summed E-state index contributed by atoms with van der Waals surface area (Å²) in [6, 6.07) is 6.61. The van der Waals surface area contributed by atoms with Crippen LogP contribution in [0.4, 0.5) is 0 Å². The normalized spacial score (nSPS) is 13.3. The summed E-state index contributed by atoms with van der Waals surface area (Å²) in [5.74, 6) is -1.07. The summed E-state index contributed by atoms with van der Waals surface area (Å²) in [7, 11) is 0.